The minimum absolute atomic E-state index is 0.00958. The van der Waals surface area contributed by atoms with E-state index in [-0.39, 0.29) is 17.6 Å². The summed E-state index contributed by atoms with van der Waals surface area (Å²) < 4.78 is 0.642. The second-order valence-electron chi connectivity index (χ2n) is 6.17. The van der Waals surface area contributed by atoms with Crippen LogP contribution in [-0.4, -0.2) is 65.3 Å². The second kappa shape index (κ2) is 7.44. The summed E-state index contributed by atoms with van der Waals surface area (Å²) in [7, 11) is 0. The van der Waals surface area contributed by atoms with Crippen LogP contribution < -0.4 is 11.2 Å². The summed E-state index contributed by atoms with van der Waals surface area (Å²) >= 11 is 3.39. The molecule has 10 nitrogen and oxygen atoms in total. The molecule has 3 atom stereocenters. The van der Waals surface area contributed by atoms with Crippen molar-refractivity contribution in [3.8, 4) is 0 Å². The molecule has 11 heteroatoms. The third-order valence-corrected chi connectivity index (χ3v) is 5.17. The Morgan fingerprint density at radius 2 is 1.81 bits per heavy atom. The highest BCUT2D eigenvalue weighted by molar-refractivity contribution is 9.10. The van der Waals surface area contributed by atoms with Gasteiger partial charge in [0.2, 0.25) is 0 Å². The zero-order valence-electron chi connectivity index (χ0n) is 14.1. The molecular weight excluding hydrogens is 424 g/mol. The lowest BCUT2D eigenvalue weighted by Gasteiger charge is -2.23. The number of aromatic nitrogens is 4. The average Bonchev–Trinajstić information content (AvgIpc) is 2.63. The van der Waals surface area contributed by atoms with Crippen LogP contribution in [0, 0.1) is 6.92 Å². The third kappa shape index (κ3) is 3.64. The monoisotopic (exact) mass is 440 g/mol. The molecule has 0 fully saturated rings. The van der Waals surface area contributed by atoms with Gasteiger partial charge in [-0.2, -0.15) is 0 Å². The molecule has 0 saturated carbocycles. The quantitative estimate of drug-likeness (QED) is 0.269. The highest BCUT2D eigenvalue weighted by Gasteiger charge is 2.26. The highest BCUT2D eigenvalue weighted by atomic mass is 79.9. The first-order valence-corrected chi connectivity index (χ1v) is 8.79. The van der Waals surface area contributed by atoms with Crippen molar-refractivity contribution < 1.29 is 20.4 Å². The molecule has 0 saturated heterocycles. The molecule has 0 radical (unpaired) electrons. The van der Waals surface area contributed by atoms with Gasteiger partial charge in [0.1, 0.15) is 12.2 Å². The molecule has 0 unspecified atom stereocenters. The Bertz CT molecular complexity index is 1130. The topological polar surface area (TPSA) is 172 Å². The van der Waals surface area contributed by atoms with Crippen molar-refractivity contribution in [3.63, 3.8) is 0 Å². The van der Waals surface area contributed by atoms with Crippen molar-refractivity contribution in [1.82, 2.24) is 19.9 Å². The van der Waals surface area contributed by atoms with E-state index in [1.807, 2.05) is 0 Å². The predicted molar refractivity (Wildman–Crippen MR) is 99.5 cm³/mol. The smallest absolute Gasteiger partial charge is 0.327 e. The number of nitrogens with zero attached hydrogens (tertiary/aromatic N) is 2. The van der Waals surface area contributed by atoms with Gasteiger partial charge in [0.15, 0.2) is 11.2 Å². The van der Waals surface area contributed by atoms with Crippen molar-refractivity contribution >= 4 is 38.1 Å². The maximum absolute atomic E-state index is 11.9. The standard InChI is InChI=1S/C16H17BrN4O6/c1-5-6(2-9(23)13(25)10(24)4-22)11-8(3-7(5)17)18-12-14(19-11)20-16(27)21-15(12)26/h3,9-10,13,22-25H,2,4H2,1H3,(H2,19,20,21,26,27)/t9-,10+,13-/m1/s1. The zero-order valence-corrected chi connectivity index (χ0v) is 15.7. The predicted octanol–water partition coefficient (Wildman–Crippen LogP) is -1.15. The number of hydrogen-bond acceptors (Lipinski definition) is 8. The Kier molecular flexibility index (Phi) is 5.40. The van der Waals surface area contributed by atoms with Crippen LogP contribution in [0.25, 0.3) is 22.2 Å². The van der Waals surface area contributed by atoms with Crippen LogP contribution in [0.3, 0.4) is 0 Å². The normalized spacial score (nSPS) is 15.2. The SMILES string of the molecule is Cc1c(Br)cc2nc3c(=O)[nH]c(=O)[nH]c3nc2c1C[C@@H](O)[C@@H](O)[C@@H](O)CO. The van der Waals surface area contributed by atoms with Gasteiger partial charge in [-0.3, -0.25) is 14.8 Å². The van der Waals surface area contributed by atoms with E-state index < -0.39 is 36.2 Å². The van der Waals surface area contributed by atoms with E-state index in [0.29, 0.717) is 26.6 Å². The Hall–Kier alpha value is -2.18. The van der Waals surface area contributed by atoms with E-state index in [2.05, 4.69) is 35.9 Å². The largest absolute Gasteiger partial charge is 0.394 e. The number of benzene rings is 1. The summed E-state index contributed by atoms with van der Waals surface area (Å²) in [6.45, 7) is 1.05. The fraction of sp³-hybridized carbons (Fsp3) is 0.375. The Balaban J connectivity index is 2.21. The third-order valence-electron chi connectivity index (χ3n) is 4.35. The van der Waals surface area contributed by atoms with E-state index in [4.69, 9.17) is 5.11 Å². The van der Waals surface area contributed by atoms with Gasteiger partial charge in [-0.1, -0.05) is 15.9 Å². The van der Waals surface area contributed by atoms with Crippen molar-refractivity contribution in [2.45, 2.75) is 31.7 Å². The molecule has 1 aromatic carbocycles. The maximum atomic E-state index is 11.9. The number of aliphatic hydroxyl groups is 4. The lowest BCUT2D eigenvalue weighted by molar-refractivity contribution is -0.0755. The molecule has 27 heavy (non-hydrogen) atoms. The second-order valence-corrected chi connectivity index (χ2v) is 7.03. The van der Waals surface area contributed by atoms with Crippen LogP contribution in [-0.2, 0) is 6.42 Å². The van der Waals surface area contributed by atoms with Gasteiger partial charge in [-0.15, -0.1) is 0 Å². The van der Waals surface area contributed by atoms with E-state index in [1.165, 1.54) is 0 Å². The summed E-state index contributed by atoms with van der Waals surface area (Å²) in [4.78, 5) is 36.5. The molecule has 2 heterocycles. The number of aliphatic hydroxyl groups excluding tert-OH is 4. The number of rotatable bonds is 5. The van der Waals surface area contributed by atoms with E-state index in [1.54, 1.807) is 13.0 Å². The first-order chi connectivity index (χ1) is 12.7. The van der Waals surface area contributed by atoms with Crippen LogP contribution in [0.4, 0.5) is 0 Å². The lowest BCUT2D eigenvalue weighted by atomic mass is 9.96. The number of H-pyrrole nitrogens is 2. The number of aromatic amines is 2. The van der Waals surface area contributed by atoms with E-state index >= 15 is 0 Å². The van der Waals surface area contributed by atoms with Gasteiger partial charge in [0, 0.05) is 10.9 Å². The molecule has 3 aromatic rings. The summed E-state index contributed by atoms with van der Waals surface area (Å²) in [5.41, 5.74) is 0.427. The first-order valence-electron chi connectivity index (χ1n) is 8.00. The number of halogens is 1. The minimum Gasteiger partial charge on any atom is -0.394 e. The van der Waals surface area contributed by atoms with Crippen molar-refractivity contribution in [2.75, 3.05) is 6.61 Å². The van der Waals surface area contributed by atoms with Crippen molar-refractivity contribution in [1.29, 1.82) is 0 Å². The Morgan fingerprint density at radius 3 is 2.48 bits per heavy atom. The Labute approximate surface area is 159 Å². The zero-order chi connectivity index (χ0) is 19.9. The van der Waals surface area contributed by atoms with Crippen LogP contribution in [0.5, 0.6) is 0 Å². The first kappa shape index (κ1) is 19.6. The molecule has 0 aliphatic rings. The van der Waals surface area contributed by atoms with Gasteiger partial charge >= 0.3 is 5.69 Å². The van der Waals surface area contributed by atoms with Crippen LogP contribution in [0.2, 0.25) is 0 Å². The molecule has 3 rings (SSSR count). The molecule has 0 spiro atoms. The number of fused-ring (bicyclic) bond motifs is 2. The van der Waals surface area contributed by atoms with Crippen LogP contribution in [0.15, 0.2) is 20.1 Å². The summed E-state index contributed by atoms with van der Waals surface area (Å²) in [5.74, 6) is 0. The molecular formula is C16H17BrN4O6. The number of nitrogens with one attached hydrogen (secondary N) is 2. The van der Waals surface area contributed by atoms with Crippen LogP contribution >= 0.6 is 15.9 Å². The molecule has 0 aliphatic carbocycles. The Morgan fingerprint density at radius 1 is 1.11 bits per heavy atom. The van der Waals surface area contributed by atoms with Crippen molar-refractivity contribution in [3.05, 3.63) is 42.5 Å². The van der Waals surface area contributed by atoms with Crippen molar-refractivity contribution in [2.24, 2.45) is 0 Å². The number of hydrogen-bond donors (Lipinski definition) is 6. The van der Waals surface area contributed by atoms with Gasteiger partial charge in [0.05, 0.1) is 23.7 Å². The van der Waals surface area contributed by atoms with Crippen LogP contribution in [0.1, 0.15) is 11.1 Å². The lowest BCUT2D eigenvalue weighted by Crippen LogP contribution is -2.40. The van der Waals surface area contributed by atoms with Gasteiger partial charge in [-0.05, 0) is 24.1 Å². The highest BCUT2D eigenvalue weighted by Crippen LogP contribution is 2.29. The fourth-order valence-corrected chi connectivity index (χ4v) is 3.27. The molecule has 0 amide bonds. The minimum atomic E-state index is -1.57. The summed E-state index contributed by atoms with van der Waals surface area (Å²) in [6, 6.07) is 1.65. The van der Waals surface area contributed by atoms with Gasteiger partial charge < -0.3 is 20.4 Å². The fourth-order valence-electron chi connectivity index (χ4n) is 2.81. The van der Waals surface area contributed by atoms with Gasteiger partial charge in [0.25, 0.3) is 5.56 Å². The van der Waals surface area contributed by atoms with E-state index in [9.17, 15) is 24.9 Å². The molecule has 0 bridgehead atoms. The summed E-state index contributed by atoms with van der Waals surface area (Å²) in [6.07, 6.45) is -4.56. The maximum Gasteiger partial charge on any atom is 0.327 e. The summed E-state index contributed by atoms with van der Waals surface area (Å²) in [5, 5.41) is 38.7. The molecule has 2 aromatic heterocycles. The molecule has 6 N–H and O–H groups in total. The van der Waals surface area contributed by atoms with E-state index in [0.717, 1.165) is 0 Å². The molecule has 0 aliphatic heterocycles. The average molecular weight is 441 g/mol. The molecule has 144 valence electrons. The van der Waals surface area contributed by atoms with Gasteiger partial charge in [-0.25, -0.2) is 14.8 Å².